The minimum Gasteiger partial charge on any atom is -0.463 e. The van der Waals surface area contributed by atoms with Crippen molar-refractivity contribution in [2.24, 2.45) is 5.16 Å². The summed E-state index contributed by atoms with van der Waals surface area (Å²) in [4.78, 5) is 16.1. The molecule has 1 heterocycles. The molecule has 4 heteroatoms. The lowest BCUT2D eigenvalue weighted by Gasteiger charge is -1.95. The third-order valence-electron chi connectivity index (χ3n) is 1.87. The van der Waals surface area contributed by atoms with E-state index in [9.17, 15) is 4.79 Å². The number of oxime groups is 1. The Hall–Kier alpha value is -2.36. The van der Waals surface area contributed by atoms with E-state index in [4.69, 9.17) is 4.42 Å². The van der Waals surface area contributed by atoms with Gasteiger partial charge in [-0.3, -0.25) is 0 Å². The van der Waals surface area contributed by atoms with Crippen molar-refractivity contribution < 1.29 is 14.0 Å². The number of carbonyl (C=O) groups excluding carboxylic acids is 1. The molecule has 0 N–H and O–H groups in total. The third kappa shape index (κ3) is 2.57. The van der Waals surface area contributed by atoms with E-state index in [1.165, 1.54) is 12.5 Å². The number of furan rings is 1. The summed E-state index contributed by atoms with van der Waals surface area (Å²) >= 11 is 0. The van der Waals surface area contributed by atoms with Gasteiger partial charge in [-0.15, -0.1) is 0 Å². The highest BCUT2D eigenvalue weighted by Gasteiger charge is 2.04. The van der Waals surface area contributed by atoms with E-state index in [0.717, 1.165) is 0 Å². The zero-order valence-corrected chi connectivity index (χ0v) is 8.37. The molecule has 1 aromatic heterocycles. The maximum Gasteiger partial charge on any atom is 0.365 e. The Morgan fingerprint density at radius 1 is 1.19 bits per heavy atom. The van der Waals surface area contributed by atoms with E-state index in [0.29, 0.717) is 11.3 Å². The first-order chi connectivity index (χ1) is 7.86. The highest BCUT2D eigenvalue weighted by Crippen LogP contribution is 2.01. The lowest BCUT2D eigenvalue weighted by Crippen LogP contribution is -2.00. The molecule has 0 spiro atoms. The molecule has 0 amide bonds. The van der Waals surface area contributed by atoms with Gasteiger partial charge in [-0.1, -0.05) is 23.4 Å². The molecule has 0 fully saturated rings. The van der Waals surface area contributed by atoms with Crippen LogP contribution in [0.2, 0.25) is 0 Å². The van der Waals surface area contributed by atoms with Crippen LogP contribution in [0.5, 0.6) is 0 Å². The number of hydrogen-bond acceptors (Lipinski definition) is 4. The van der Waals surface area contributed by atoms with E-state index < -0.39 is 5.97 Å². The van der Waals surface area contributed by atoms with Crippen LogP contribution in [0.15, 0.2) is 58.3 Å². The fourth-order valence-electron chi connectivity index (χ4n) is 1.12. The molecule has 0 atom stereocenters. The van der Waals surface area contributed by atoms with Crippen molar-refractivity contribution in [1.82, 2.24) is 0 Å². The summed E-state index contributed by atoms with van der Waals surface area (Å²) < 4.78 is 4.98. The molecule has 0 bridgehead atoms. The Morgan fingerprint density at radius 3 is 2.69 bits per heavy atom. The van der Waals surface area contributed by atoms with Gasteiger partial charge < -0.3 is 9.25 Å². The molecule has 0 saturated carbocycles. The van der Waals surface area contributed by atoms with Crippen LogP contribution >= 0.6 is 0 Å². The quantitative estimate of drug-likeness (QED) is 0.449. The molecule has 0 saturated heterocycles. The van der Waals surface area contributed by atoms with Crippen LogP contribution in [0, 0.1) is 0 Å². The Kier molecular flexibility index (Phi) is 3.13. The maximum atomic E-state index is 11.4. The maximum absolute atomic E-state index is 11.4. The fourth-order valence-corrected chi connectivity index (χ4v) is 1.12. The molecule has 0 aliphatic heterocycles. The predicted octanol–water partition coefficient (Wildman–Crippen LogP) is 2.47. The first kappa shape index (κ1) is 10.2. The lowest BCUT2D eigenvalue weighted by atomic mass is 10.2. The average Bonchev–Trinajstić information content (AvgIpc) is 2.83. The second kappa shape index (κ2) is 4.93. The standard InChI is InChI=1S/C12H9NO3/c14-12(10-5-2-1-3-6-10)16-13-9-11-7-4-8-15-11/h1-9H. The van der Waals surface area contributed by atoms with Gasteiger partial charge in [-0.2, -0.15) is 0 Å². The molecule has 2 aromatic rings. The summed E-state index contributed by atoms with van der Waals surface area (Å²) in [5.41, 5.74) is 0.457. The topological polar surface area (TPSA) is 51.8 Å². The molecule has 0 aliphatic rings. The van der Waals surface area contributed by atoms with E-state index in [-0.39, 0.29) is 0 Å². The molecule has 80 valence electrons. The zero-order valence-electron chi connectivity index (χ0n) is 8.37. The molecular formula is C12H9NO3. The molecule has 0 unspecified atom stereocenters. The van der Waals surface area contributed by atoms with Crippen molar-refractivity contribution >= 4 is 12.2 Å². The van der Waals surface area contributed by atoms with E-state index in [1.807, 2.05) is 6.07 Å². The summed E-state index contributed by atoms with van der Waals surface area (Å²) in [6.45, 7) is 0. The van der Waals surface area contributed by atoms with Gasteiger partial charge in [0.05, 0.1) is 11.8 Å². The molecule has 1 aromatic carbocycles. The number of nitrogens with zero attached hydrogens (tertiary/aromatic N) is 1. The van der Waals surface area contributed by atoms with Gasteiger partial charge in [0.15, 0.2) is 0 Å². The first-order valence-electron chi connectivity index (χ1n) is 4.69. The van der Waals surface area contributed by atoms with Gasteiger partial charge in [0.2, 0.25) is 0 Å². The van der Waals surface area contributed by atoms with Crippen molar-refractivity contribution in [3.8, 4) is 0 Å². The second-order valence-corrected chi connectivity index (χ2v) is 2.99. The van der Waals surface area contributed by atoms with Crippen molar-refractivity contribution in [3.63, 3.8) is 0 Å². The third-order valence-corrected chi connectivity index (χ3v) is 1.87. The summed E-state index contributed by atoms with van der Waals surface area (Å²) in [6, 6.07) is 12.1. The average molecular weight is 215 g/mol. The normalized spacial score (nSPS) is 10.5. The summed E-state index contributed by atoms with van der Waals surface area (Å²) in [5.74, 6) is 0.0317. The highest BCUT2D eigenvalue weighted by atomic mass is 16.7. The number of carbonyl (C=O) groups is 1. The van der Waals surface area contributed by atoms with Crippen LogP contribution in [0.25, 0.3) is 0 Å². The van der Waals surface area contributed by atoms with Crippen molar-refractivity contribution in [3.05, 3.63) is 60.1 Å². The summed E-state index contributed by atoms with van der Waals surface area (Å²) in [7, 11) is 0. The van der Waals surface area contributed by atoms with Crippen LogP contribution < -0.4 is 0 Å². The van der Waals surface area contributed by atoms with Crippen LogP contribution in [-0.2, 0) is 4.84 Å². The Labute approximate surface area is 92.1 Å². The molecule has 4 nitrogen and oxygen atoms in total. The van der Waals surface area contributed by atoms with Crippen molar-refractivity contribution in [2.45, 2.75) is 0 Å². The summed E-state index contributed by atoms with van der Waals surface area (Å²) in [5, 5.41) is 3.52. The van der Waals surface area contributed by atoms with Gasteiger partial charge in [0.1, 0.15) is 12.0 Å². The molecule has 0 radical (unpaired) electrons. The van der Waals surface area contributed by atoms with Crippen LogP contribution in [0.4, 0.5) is 0 Å². The van der Waals surface area contributed by atoms with Gasteiger partial charge in [0, 0.05) is 0 Å². The van der Waals surface area contributed by atoms with Gasteiger partial charge in [-0.05, 0) is 24.3 Å². The van der Waals surface area contributed by atoms with Crippen molar-refractivity contribution in [2.75, 3.05) is 0 Å². The van der Waals surface area contributed by atoms with Crippen LogP contribution in [-0.4, -0.2) is 12.2 Å². The second-order valence-electron chi connectivity index (χ2n) is 2.99. The molecular weight excluding hydrogens is 206 g/mol. The first-order valence-corrected chi connectivity index (χ1v) is 4.69. The predicted molar refractivity (Wildman–Crippen MR) is 58.2 cm³/mol. The van der Waals surface area contributed by atoms with E-state index in [1.54, 1.807) is 36.4 Å². The summed E-state index contributed by atoms with van der Waals surface area (Å²) in [6.07, 6.45) is 2.85. The SMILES string of the molecule is O=C(ON=Cc1ccco1)c1ccccc1. The van der Waals surface area contributed by atoms with Gasteiger partial charge in [0.25, 0.3) is 0 Å². The minimum absolute atomic E-state index is 0.457. The molecule has 0 aliphatic carbocycles. The van der Waals surface area contributed by atoms with Gasteiger partial charge >= 0.3 is 5.97 Å². The Morgan fingerprint density at radius 2 is 2.00 bits per heavy atom. The zero-order chi connectivity index (χ0) is 11.2. The number of rotatable bonds is 3. The Balaban J connectivity index is 1.94. The van der Waals surface area contributed by atoms with Gasteiger partial charge in [-0.25, -0.2) is 4.79 Å². The van der Waals surface area contributed by atoms with Crippen molar-refractivity contribution in [1.29, 1.82) is 0 Å². The molecule has 16 heavy (non-hydrogen) atoms. The van der Waals surface area contributed by atoms with Crippen LogP contribution in [0.3, 0.4) is 0 Å². The Bertz CT molecular complexity index is 474. The lowest BCUT2D eigenvalue weighted by molar-refractivity contribution is 0.0519. The number of benzene rings is 1. The van der Waals surface area contributed by atoms with E-state index in [2.05, 4.69) is 9.99 Å². The van der Waals surface area contributed by atoms with E-state index >= 15 is 0 Å². The highest BCUT2D eigenvalue weighted by molar-refractivity contribution is 5.89. The fraction of sp³-hybridized carbons (Fsp3) is 0. The smallest absolute Gasteiger partial charge is 0.365 e. The number of hydrogen-bond donors (Lipinski definition) is 0. The largest absolute Gasteiger partial charge is 0.463 e. The minimum atomic E-state index is -0.497. The monoisotopic (exact) mass is 215 g/mol. The molecule has 2 rings (SSSR count). The van der Waals surface area contributed by atoms with Crippen LogP contribution in [0.1, 0.15) is 16.1 Å².